The summed E-state index contributed by atoms with van der Waals surface area (Å²) in [6.07, 6.45) is 0. The van der Waals surface area contributed by atoms with Gasteiger partial charge in [-0.2, -0.15) is 0 Å². The largest absolute Gasteiger partial charge is 0.468 e. The molecule has 0 radical (unpaired) electrons. The Morgan fingerprint density at radius 3 is 2.77 bits per heavy atom. The van der Waals surface area contributed by atoms with Gasteiger partial charge in [0.15, 0.2) is 0 Å². The van der Waals surface area contributed by atoms with Gasteiger partial charge in [0.25, 0.3) is 0 Å². The molecule has 0 saturated carbocycles. The summed E-state index contributed by atoms with van der Waals surface area (Å²) in [4.78, 5) is 11.1. The number of carbonyl (C=O) groups is 1. The summed E-state index contributed by atoms with van der Waals surface area (Å²) in [6, 6.07) is 6.84. The molecule has 3 nitrogen and oxygen atoms in total. The van der Waals surface area contributed by atoms with Gasteiger partial charge in [-0.05, 0) is 12.5 Å². The zero-order valence-electron chi connectivity index (χ0n) is 7.78. The average molecular weight is 179 g/mol. The molecule has 70 valence electrons. The molecule has 0 amide bonds. The summed E-state index contributed by atoms with van der Waals surface area (Å²) in [5.41, 5.74) is 7.51. The number of hydrogen-bond donors (Lipinski definition) is 1. The smallest absolute Gasteiger partial charge is 0.327 e. The van der Waals surface area contributed by atoms with E-state index in [9.17, 15) is 4.79 Å². The van der Waals surface area contributed by atoms with Gasteiger partial charge in [-0.25, -0.2) is 0 Å². The monoisotopic (exact) mass is 179 g/mol. The van der Waals surface area contributed by atoms with Gasteiger partial charge in [-0.15, -0.1) is 0 Å². The molecule has 0 fully saturated rings. The van der Waals surface area contributed by atoms with Crippen molar-refractivity contribution < 1.29 is 9.53 Å². The number of esters is 1. The lowest BCUT2D eigenvalue weighted by Crippen LogP contribution is -2.22. The predicted molar refractivity (Wildman–Crippen MR) is 50.1 cm³/mol. The summed E-state index contributed by atoms with van der Waals surface area (Å²) < 4.78 is 4.54. The Balaban J connectivity index is 2.88. The van der Waals surface area contributed by atoms with E-state index in [1.165, 1.54) is 7.11 Å². The van der Waals surface area contributed by atoms with Gasteiger partial charge in [-0.3, -0.25) is 4.79 Å². The first-order valence-corrected chi connectivity index (χ1v) is 4.05. The molecule has 1 aromatic carbocycles. The number of methoxy groups -OCH3 is 1. The quantitative estimate of drug-likeness (QED) is 0.693. The maximum absolute atomic E-state index is 11.1. The van der Waals surface area contributed by atoms with Crippen molar-refractivity contribution >= 4 is 5.97 Å². The van der Waals surface area contributed by atoms with Crippen LogP contribution in [0, 0.1) is 6.92 Å². The molecule has 0 aromatic heterocycles. The number of aryl methyl sites for hydroxylation is 1. The van der Waals surface area contributed by atoms with Crippen LogP contribution in [0.3, 0.4) is 0 Å². The molecule has 1 aromatic rings. The molecule has 0 aliphatic heterocycles. The fraction of sp³-hybridized carbons (Fsp3) is 0.300. The molecule has 0 heterocycles. The van der Waals surface area contributed by atoms with Crippen LogP contribution in [-0.4, -0.2) is 13.1 Å². The Kier molecular flexibility index (Phi) is 3.03. The van der Waals surface area contributed by atoms with Crippen LogP contribution in [-0.2, 0) is 9.53 Å². The first-order chi connectivity index (χ1) is 6.15. The highest BCUT2D eigenvalue weighted by atomic mass is 16.5. The Labute approximate surface area is 77.5 Å². The summed E-state index contributed by atoms with van der Waals surface area (Å²) >= 11 is 0. The SMILES string of the molecule is COC(=O)[C@H](N)c1cccc(C)c1. The lowest BCUT2D eigenvalue weighted by molar-refractivity contribution is -0.142. The topological polar surface area (TPSA) is 52.3 Å². The van der Waals surface area contributed by atoms with Crippen LogP contribution in [0.15, 0.2) is 24.3 Å². The van der Waals surface area contributed by atoms with Gasteiger partial charge in [0.2, 0.25) is 0 Å². The van der Waals surface area contributed by atoms with Gasteiger partial charge in [0, 0.05) is 0 Å². The first-order valence-electron chi connectivity index (χ1n) is 4.05. The van der Waals surface area contributed by atoms with Crippen LogP contribution in [0.5, 0.6) is 0 Å². The third kappa shape index (κ3) is 2.29. The van der Waals surface area contributed by atoms with E-state index in [1.807, 2.05) is 31.2 Å². The molecule has 0 spiro atoms. The van der Waals surface area contributed by atoms with Gasteiger partial charge >= 0.3 is 5.97 Å². The summed E-state index contributed by atoms with van der Waals surface area (Å²) in [7, 11) is 1.33. The van der Waals surface area contributed by atoms with Gasteiger partial charge < -0.3 is 10.5 Å². The molecule has 1 atom stereocenters. The van der Waals surface area contributed by atoms with Gasteiger partial charge in [-0.1, -0.05) is 29.8 Å². The number of ether oxygens (including phenoxy) is 1. The summed E-state index contributed by atoms with van der Waals surface area (Å²) in [5.74, 6) is -0.411. The first kappa shape index (κ1) is 9.74. The Bertz CT molecular complexity index is 310. The highest BCUT2D eigenvalue weighted by Crippen LogP contribution is 2.12. The van der Waals surface area contributed by atoms with Gasteiger partial charge in [0.05, 0.1) is 7.11 Å². The van der Waals surface area contributed by atoms with E-state index >= 15 is 0 Å². The predicted octanol–water partition coefficient (Wildman–Crippen LogP) is 1.17. The number of hydrogen-bond acceptors (Lipinski definition) is 3. The average Bonchev–Trinajstić information content (AvgIpc) is 2.15. The summed E-state index contributed by atoms with van der Waals surface area (Å²) in [6.45, 7) is 1.95. The zero-order chi connectivity index (χ0) is 9.84. The van der Waals surface area contributed by atoms with Crippen molar-refractivity contribution in [3.63, 3.8) is 0 Å². The van der Waals surface area contributed by atoms with Crippen molar-refractivity contribution in [3.8, 4) is 0 Å². The van der Waals surface area contributed by atoms with Gasteiger partial charge in [0.1, 0.15) is 6.04 Å². The molecular weight excluding hydrogens is 166 g/mol. The third-order valence-corrected chi connectivity index (χ3v) is 1.86. The van der Waals surface area contributed by atoms with Crippen molar-refractivity contribution in [2.45, 2.75) is 13.0 Å². The molecular formula is C10H13NO2. The van der Waals surface area contributed by atoms with E-state index < -0.39 is 12.0 Å². The molecule has 3 heteroatoms. The molecule has 13 heavy (non-hydrogen) atoms. The molecule has 0 aliphatic carbocycles. The fourth-order valence-electron chi connectivity index (χ4n) is 1.13. The lowest BCUT2D eigenvalue weighted by Gasteiger charge is -2.09. The van der Waals surface area contributed by atoms with Crippen LogP contribution in [0.2, 0.25) is 0 Å². The third-order valence-electron chi connectivity index (χ3n) is 1.86. The van der Waals surface area contributed by atoms with Crippen molar-refractivity contribution in [2.24, 2.45) is 5.73 Å². The minimum atomic E-state index is -0.676. The van der Waals surface area contributed by atoms with Crippen LogP contribution in [0.25, 0.3) is 0 Å². The number of rotatable bonds is 2. The van der Waals surface area contributed by atoms with E-state index in [0.717, 1.165) is 11.1 Å². The van der Waals surface area contributed by atoms with Crippen LogP contribution in [0.1, 0.15) is 17.2 Å². The van der Waals surface area contributed by atoms with Crippen LogP contribution < -0.4 is 5.73 Å². The Hall–Kier alpha value is -1.35. The van der Waals surface area contributed by atoms with E-state index in [0.29, 0.717) is 0 Å². The lowest BCUT2D eigenvalue weighted by atomic mass is 10.1. The maximum Gasteiger partial charge on any atom is 0.327 e. The Morgan fingerprint density at radius 1 is 1.54 bits per heavy atom. The van der Waals surface area contributed by atoms with E-state index in [4.69, 9.17) is 5.73 Å². The zero-order valence-corrected chi connectivity index (χ0v) is 7.78. The number of carbonyl (C=O) groups excluding carboxylic acids is 1. The van der Waals surface area contributed by atoms with E-state index in [-0.39, 0.29) is 0 Å². The minimum Gasteiger partial charge on any atom is -0.468 e. The minimum absolute atomic E-state index is 0.411. The van der Waals surface area contributed by atoms with Crippen molar-refractivity contribution in [2.75, 3.05) is 7.11 Å². The molecule has 0 saturated heterocycles. The molecule has 0 bridgehead atoms. The van der Waals surface area contributed by atoms with E-state index in [2.05, 4.69) is 4.74 Å². The second kappa shape index (κ2) is 4.05. The maximum atomic E-state index is 11.1. The number of benzene rings is 1. The number of nitrogens with two attached hydrogens (primary N) is 1. The molecule has 0 unspecified atom stereocenters. The van der Waals surface area contributed by atoms with Crippen molar-refractivity contribution in [1.29, 1.82) is 0 Å². The highest BCUT2D eigenvalue weighted by Gasteiger charge is 2.15. The normalized spacial score (nSPS) is 12.2. The van der Waals surface area contributed by atoms with Crippen molar-refractivity contribution in [1.82, 2.24) is 0 Å². The molecule has 0 aliphatic rings. The Morgan fingerprint density at radius 2 is 2.23 bits per heavy atom. The molecule has 2 N–H and O–H groups in total. The highest BCUT2D eigenvalue weighted by molar-refractivity contribution is 5.77. The molecule has 1 rings (SSSR count). The summed E-state index contributed by atoms with van der Waals surface area (Å²) in [5, 5.41) is 0. The fourth-order valence-corrected chi connectivity index (χ4v) is 1.13. The second-order valence-electron chi connectivity index (χ2n) is 2.91. The second-order valence-corrected chi connectivity index (χ2v) is 2.91. The van der Waals surface area contributed by atoms with Crippen LogP contribution >= 0.6 is 0 Å². The van der Waals surface area contributed by atoms with Crippen LogP contribution in [0.4, 0.5) is 0 Å². The van der Waals surface area contributed by atoms with Crippen molar-refractivity contribution in [3.05, 3.63) is 35.4 Å². The van der Waals surface area contributed by atoms with E-state index in [1.54, 1.807) is 0 Å². The standard InChI is InChI=1S/C10H13NO2/c1-7-4-3-5-8(6-7)9(11)10(12)13-2/h3-6,9H,11H2,1-2H3/t9-/m1/s1.